The molecule has 0 fully saturated rings. The van der Waals surface area contributed by atoms with Gasteiger partial charge < -0.3 is 15.4 Å². The van der Waals surface area contributed by atoms with E-state index in [9.17, 15) is 0 Å². The number of ether oxygens (including phenoxy) is 1. The summed E-state index contributed by atoms with van der Waals surface area (Å²) in [5, 5.41) is 6.55. The highest BCUT2D eigenvalue weighted by Gasteiger charge is 2.04. The van der Waals surface area contributed by atoms with Crippen molar-refractivity contribution >= 4 is 5.96 Å². The standard InChI is InChI=1S/C14H23N3O/c1-11-6-5-7-13(8-11)9-16-14(15-3)17-12(2)10-18-4/h5-8,12H,9-10H2,1-4H3,(H2,15,16,17). The molecule has 4 nitrogen and oxygen atoms in total. The Balaban J connectivity index is 2.45. The average Bonchev–Trinajstić information content (AvgIpc) is 2.35. The third kappa shape index (κ3) is 5.19. The van der Waals surface area contributed by atoms with Crippen LogP contribution in [0.4, 0.5) is 0 Å². The molecule has 0 saturated heterocycles. The Kier molecular flexibility index (Phi) is 6.22. The molecule has 0 aromatic heterocycles. The molecule has 1 unspecified atom stereocenters. The normalized spacial score (nSPS) is 13.2. The first kappa shape index (κ1) is 14.5. The van der Waals surface area contributed by atoms with Gasteiger partial charge in [-0.1, -0.05) is 29.8 Å². The van der Waals surface area contributed by atoms with Crippen molar-refractivity contribution in [2.75, 3.05) is 20.8 Å². The number of guanidine groups is 1. The topological polar surface area (TPSA) is 45.7 Å². The summed E-state index contributed by atoms with van der Waals surface area (Å²) in [6, 6.07) is 8.66. The summed E-state index contributed by atoms with van der Waals surface area (Å²) in [6.07, 6.45) is 0. The summed E-state index contributed by atoms with van der Waals surface area (Å²) < 4.78 is 5.08. The van der Waals surface area contributed by atoms with Gasteiger partial charge >= 0.3 is 0 Å². The van der Waals surface area contributed by atoms with Crippen molar-refractivity contribution in [3.8, 4) is 0 Å². The first-order valence-corrected chi connectivity index (χ1v) is 6.17. The second kappa shape index (κ2) is 7.71. The van der Waals surface area contributed by atoms with Gasteiger partial charge in [-0.3, -0.25) is 4.99 Å². The lowest BCUT2D eigenvalue weighted by molar-refractivity contribution is 0.179. The maximum absolute atomic E-state index is 5.08. The summed E-state index contributed by atoms with van der Waals surface area (Å²) in [7, 11) is 3.46. The highest BCUT2D eigenvalue weighted by molar-refractivity contribution is 5.79. The number of rotatable bonds is 5. The molecule has 0 aliphatic carbocycles. The number of hydrogen-bond donors (Lipinski definition) is 2. The van der Waals surface area contributed by atoms with Gasteiger partial charge in [-0.2, -0.15) is 0 Å². The molecule has 1 rings (SSSR count). The molecule has 0 amide bonds. The number of methoxy groups -OCH3 is 1. The Morgan fingerprint density at radius 2 is 2.22 bits per heavy atom. The minimum absolute atomic E-state index is 0.235. The fraction of sp³-hybridized carbons (Fsp3) is 0.500. The van der Waals surface area contributed by atoms with Crippen molar-refractivity contribution in [2.45, 2.75) is 26.4 Å². The zero-order chi connectivity index (χ0) is 13.4. The van der Waals surface area contributed by atoms with E-state index >= 15 is 0 Å². The molecule has 1 atom stereocenters. The van der Waals surface area contributed by atoms with Gasteiger partial charge in [0, 0.05) is 26.7 Å². The van der Waals surface area contributed by atoms with Crippen LogP contribution in [-0.2, 0) is 11.3 Å². The number of nitrogens with zero attached hydrogens (tertiary/aromatic N) is 1. The minimum atomic E-state index is 0.235. The second-order valence-electron chi connectivity index (χ2n) is 4.42. The third-order valence-electron chi connectivity index (χ3n) is 2.57. The van der Waals surface area contributed by atoms with Gasteiger partial charge in [0.1, 0.15) is 0 Å². The number of hydrogen-bond acceptors (Lipinski definition) is 2. The Morgan fingerprint density at radius 3 is 2.83 bits per heavy atom. The molecule has 0 aliphatic rings. The van der Waals surface area contributed by atoms with Gasteiger partial charge in [0.05, 0.1) is 6.61 Å². The lowest BCUT2D eigenvalue weighted by Crippen LogP contribution is -2.43. The van der Waals surface area contributed by atoms with E-state index in [0.29, 0.717) is 6.61 Å². The molecule has 0 spiro atoms. The van der Waals surface area contributed by atoms with Gasteiger partial charge in [-0.25, -0.2) is 0 Å². The summed E-state index contributed by atoms with van der Waals surface area (Å²) >= 11 is 0. The van der Waals surface area contributed by atoms with E-state index in [1.165, 1.54) is 11.1 Å². The lowest BCUT2D eigenvalue weighted by Gasteiger charge is -2.17. The molecule has 0 aliphatic heterocycles. The van der Waals surface area contributed by atoms with Crippen LogP contribution in [0.1, 0.15) is 18.1 Å². The molecule has 0 saturated carbocycles. The molecule has 100 valence electrons. The summed E-state index contributed by atoms with van der Waals surface area (Å²) in [5.74, 6) is 0.793. The smallest absolute Gasteiger partial charge is 0.191 e. The highest BCUT2D eigenvalue weighted by Crippen LogP contribution is 2.03. The minimum Gasteiger partial charge on any atom is -0.383 e. The van der Waals surface area contributed by atoms with E-state index in [2.05, 4.69) is 53.7 Å². The van der Waals surface area contributed by atoms with Crippen LogP contribution in [0.5, 0.6) is 0 Å². The van der Waals surface area contributed by atoms with Crippen LogP contribution in [0.2, 0.25) is 0 Å². The predicted molar refractivity (Wildman–Crippen MR) is 75.9 cm³/mol. The number of aliphatic imine (C=N–C) groups is 1. The Bertz CT molecular complexity index is 390. The zero-order valence-electron chi connectivity index (χ0n) is 11.7. The Morgan fingerprint density at radius 1 is 1.44 bits per heavy atom. The van der Waals surface area contributed by atoms with E-state index in [-0.39, 0.29) is 6.04 Å². The van der Waals surface area contributed by atoms with Crippen molar-refractivity contribution in [2.24, 2.45) is 4.99 Å². The molecule has 1 aromatic rings. The van der Waals surface area contributed by atoms with Gasteiger partial charge in [0.2, 0.25) is 0 Å². The van der Waals surface area contributed by atoms with Crippen molar-refractivity contribution in [3.63, 3.8) is 0 Å². The van der Waals surface area contributed by atoms with Crippen LogP contribution in [0.15, 0.2) is 29.3 Å². The fourth-order valence-corrected chi connectivity index (χ4v) is 1.73. The second-order valence-corrected chi connectivity index (χ2v) is 4.42. The molecular formula is C14H23N3O. The molecular weight excluding hydrogens is 226 g/mol. The fourth-order valence-electron chi connectivity index (χ4n) is 1.73. The molecule has 2 N–H and O–H groups in total. The first-order valence-electron chi connectivity index (χ1n) is 6.17. The quantitative estimate of drug-likeness (QED) is 0.616. The van der Waals surface area contributed by atoms with E-state index in [0.717, 1.165) is 12.5 Å². The molecule has 0 radical (unpaired) electrons. The Labute approximate surface area is 109 Å². The van der Waals surface area contributed by atoms with Crippen molar-refractivity contribution in [1.82, 2.24) is 10.6 Å². The highest BCUT2D eigenvalue weighted by atomic mass is 16.5. The van der Waals surface area contributed by atoms with E-state index in [1.54, 1.807) is 14.2 Å². The van der Waals surface area contributed by atoms with Gasteiger partial charge in [-0.05, 0) is 19.4 Å². The van der Waals surface area contributed by atoms with Crippen molar-refractivity contribution in [1.29, 1.82) is 0 Å². The van der Waals surface area contributed by atoms with Crippen molar-refractivity contribution < 1.29 is 4.74 Å². The Hall–Kier alpha value is -1.55. The molecule has 4 heteroatoms. The maximum atomic E-state index is 5.08. The van der Waals surface area contributed by atoms with Gasteiger partial charge in [0.15, 0.2) is 5.96 Å². The number of aryl methyl sites for hydroxylation is 1. The first-order chi connectivity index (χ1) is 8.65. The van der Waals surface area contributed by atoms with E-state index in [4.69, 9.17) is 4.74 Å². The molecule has 0 heterocycles. The number of benzene rings is 1. The summed E-state index contributed by atoms with van der Waals surface area (Å²) in [5.41, 5.74) is 2.52. The summed E-state index contributed by atoms with van der Waals surface area (Å²) in [6.45, 7) is 5.58. The van der Waals surface area contributed by atoms with Crippen LogP contribution in [0.25, 0.3) is 0 Å². The molecule has 0 bridgehead atoms. The van der Waals surface area contributed by atoms with Crippen LogP contribution < -0.4 is 10.6 Å². The monoisotopic (exact) mass is 249 g/mol. The average molecular weight is 249 g/mol. The molecule has 1 aromatic carbocycles. The van der Waals surface area contributed by atoms with Gasteiger partial charge in [-0.15, -0.1) is 0 Å². The van der Waals surface area contributed by atoms with E-state index < -0.39 is 0 Å². The van der Waals surface area contributed by atoms with Crippen molar-refractivity contribution in [3.05, 3.63) is 35.4 Å². The van der Waals surface area contributed by atoms with E-state index in [1.807, 2.05) is 0 Å². The van der Waals surface area contributed by atoms with Crippen LogP contribution >= 0.6 is 0 Å². The lowest BCUT2D eigenvalue weighted by atomic mass is 10.1. The third-order valence-corrected chi connectivity index (χ3v) is 2.57. The number of nitrogens with one attached hydrogen (secondary N) is 2. The van der Waals surface area contributed by atoms with Crippen LogP contribution in [-0.4, -0.2) is 32.8 Å². The molecule has 18 heavy (non-hydrogen) atoms. The zero-order valence-corrected chi connectivity index (χ0v) is 11.7. The van der Waals surface area contributed by atoms with Crippen LogP contribution in [0.3, 0.4) is 0 Å². The SMILES string of the molecule is CN=C(NCc1cccc(C)c1)NC(C)COC. The maximum Gasteiger partial charge on any atom is 0.191 e. The van der Waals surface area contributed by atoms with Crippen LogP contribution in [0, 0.1) is 6.92 Å². The van der Waals surface area contributed by atoms with Gasteiger partial charge in [0.25, 0.3) is 0 Å². The largest absolute Gasteiger partial charge is 0.383 e. The summed E-state index contributed by atoms with van der Waals surface area (Å²) in [4.78, 5) is 4.19. The predicted octanol–water partition coefficient (Wildman–Crippen LogP) is 1.69.